The minimum atomic E-state index is -0.146. The predicted octanol–water partition coefficient (Wildman–Crippen LogP) is 2.55. The van der Waals surface area contributed by atoms with Crippen LogP contribution in [0.4, 0.5) is 0 Å². The Morgan fingerprint density at radius 2 is 1.53 bits per heavy atom. The zero-order chi connectivity index (χ0) is 12.8. The SMILES string of the molecule is CCCCCOCCOCCCC(=O)OCC. The molecule has 0 aromatic heterocycles. The van der Waals surface area contributed by atoms with Crippen LogP contribution >= 0.6 is 0 Å². The Morgan fingerprint density at radius 1 is 0.882 bits per heavy atom. The van der Waals surface area contributed by atoms with Crippen molar-refractivity contribution in [3.8, 4) is 0 Å². The molecule has 0 bridgehead atoms. The van der Waals surface area contributed by atoms with E-state index in [0.717, 1.165) is 13.0 Å². The van der Waals surface area contributed by atoms with E-state index < -0.39 is 0 Å². The van der Waals surface area contributed by atoms with Gasteiger partial charge in [-0.05, 0) is 19.8 Å². The first-order valence-electron chi connectivity index (χ1n) is 6.62. The maximum Gasteiger partial charge on any atom is 0.305 e. The molecule has 0 aliphatic carbocycles. The third-order valence-electron chi connectivity index (χ3n) is 2.24. The fourth-order valence-electron chi connectivity index (χ4n) is 1.33. The molecular formula is C13H26O4. The quantitative estimate of drug-likeness (QED) is 0.392. The molecule has 0 heterocycles. The lowest BCUT2D eigenvalue weighted by Crippen LogP contribution is -2.08. The van der Waals surface area contributed by atoms with Gasteiger partial charge in [0.1, 0.15) is 0 Å². The van der Waals surface area contributed by atoms with Crippen molar-refractivity contribution in [2.24, 2.45) is 0 Å². The van der Waals surface area contributed by atoms with Crippen LogP contribution in [-0.4, -0.2) is 39.0 Å². The standard InChI is InChI=1S/C13H26O4/c1-3-5-6-9-15-11-12-16-10-7-8-13(14)17-4-2/h3-12H2,1-2H3. The molecule has 0 amide bonds. The molecule has 0 aliphatic rings. The van der Waals surface area contributed by atoms with Crippen LogP contribution in [-0.2, 0) is 19.0 Å². The second kappa shape index (κ2) is 13.5. The number of ether oxygens (including phenoxy) is 3. The van der Waals surface area contributed by atoms with Gasteiger partial charge < -0.3 is 14.2 Å². The molecule has 0 aromatic carbocycles. The first kappa shape index (κ1) is 16.4. The van der Waals surface area contributed by atoms with Crippen LogP contribution in [0.5, 0.6) is 0 Å². The first-order chi connectivity index (χ1) is 8.31. The summed E-state index contributed by atoms with van der Waals surface area (Å²) in [6, 6.07) is 0. The van der Waals surface area contributed by atoms with Crippen LogP contribution in [0.15, 0.2) is 0 Å². The van der Waals surface area contributed by atoms with Crippen LogP contribution < -0.4 is 0 Å². The Bertz CT molecular complexity index is 171. The fraction of sp³-hybridized carbons (Fsp3) is 0.923. The van der Waals surface area contributed by atoms with Crippen LogP contribution in [0.3, 0.4) is 0 Å². The van der Waals surface area contributed by atoms with Gasteiger partial charge in [-0.3, -0.25) is 4.79 Å². The van der Waals surface area contributed by atoms with Gasteiger partial charge in [-0.25, -0.2) is 0 Å². The minimum Gasteiger partial charge on any atom is -0.466 e. The molecular weight excluding hydrogens is 220 g/mol. The van der Waals surface area contributed by atoms with E-state index in [1.54, 1.807) is 0 Å². The highest BCUT2D eigenvalue weighted by Crippen LogP contribution is 1.95. The third kappa shape index (κ3) is 13.3. The van der Waals surface area contributed by atoms with Gasteiger partial charge in [-0.2, -0.15) is 0 Å². The molecule has 0 unspecified atom stereocenters. The average Bonchev–Trinajstić information content (AvgIpc) is 2.32. The molecule has 0 atom stereocenters. The van der Waals surface area contributed by atoms with E-state index in [2.05, 4.69) is 6.92 Å². The Hall–Kier alpha value is -0.610. The fourth-order valence-corrected chi connectivity index (χ4v) is 1.33. The largest absolute Gasteiger partial charge is 0.466 e. The van der Waals surface area contributed by atoms with Crippen LogP contribution in [0.25, 0.3) is 0 Å². The molecule has 0 radical (unpaired) electrons. The summed E-state index contributed by atoms with van der Waals surface area (Å²) < 4.78 is 15.5. The van der Waals surface area contributed by atoms with Crippen molar-refractivity contribution in [3.05, 3.63) is 0 Å². The molecule has 0 spiro atoms. The normalized spacial score (nSPS) is 10.5. The lowest BCUT2D eigenvalue weighted by molar-refractivity contribution is -0.143. The second-order valence-electron chi connectivity index (χ2n) is 3.84. The monoisotopic (exact) mass is 246 g/mol. The topological polar surface area (TPSA) is 44.8 Å². The zero-order valence-electron chi connectivity index (χ0n) is 11.2. The highest BCUT2D eigenvalue weighted by Gasteiger charge is 2.00. The summed E-state index contributed by atoms with van der Waals surface area (Å²) in [6.45, 7) is 7.09. The molecule has 0 N–H and O–H groups in total. The molecule has 17 heavy (non-hydrogen) atoms. The Labute approximate surface area is 105 Å². The molecule has 4 heteroatoms. The maximum atomic E-state index is 11.0. The average molecular weight is 246 g/mol. The van der Waals surface area contributed by atoms with E-state index in [9.17, 15) is 4.79 Å². The van der Waals surface area contributed by atoms with Crippen molar-refractivity contribution in [3.63, 3.8) is 0 Å². The highest BCUT2D eigenvalue weighted by atomic mass is 16.5. The van der Waals surface area contributed by atoms with Gasteiger partial charge in [-0.15, -0.1) is 0 Å². The van der Waals surface area contributed by atoms with Gasteiger partial charge in [0, 0.05) is 19.6 Å². The molecule has 0 fully saturated rings. The lowest BCUT2D eigenvalue weighted by Gasteiger charge is -2.05. The van der Waals surface area contributed by atoms with Gasteiger partial charge in [0.2, 0.25) is 0 Å². The van der Waals surface area contributed by atoms with Crippen LogP contribution in [0.1, 0.15) is 46.0 Å². The molecule has 102 valence electrons. The van der Waals surface area contributed by atoms with E-state index in [4.69, 9.17) is 14.2 Å². The van der Waals surface area contributed by atoms with Gasteiger partial charge in [0.15, 0.2) is 0 Å². The van der Waals surface area contributed by atoms with Crippen molar-refractivity contribution in [2.75, 3.05) is 33.0 Å². The smallest absolute Gasteiger partial charge is 0.305 e. The summed E-state index contributed by atoms with van der Waals surface area (Å²) in [5, 5.41) is 0. The number of hydrogen-bond donors (Lipinski definition) is 0. The summed E-state index contributed by atoms with van der Waals surface area (Å²) in [5.74, 6) is -0.146. The Morgan fingerprint density at radius 3 is 2.12 bits per heavy atom. The van der Waals surface area contributed by atoms with Gasteiger partial charge in [0.05, 0.1) is 19.8 Å². The van der Waals surface area contributed by atoms with Crippen molar-refractivity contribution >= 4 is 5.97 Å². The van der Waals surface area contributed by atoms with Crippen LogP contribution in [0, 0.1) is 0 Å². The zero-order valence-corrected chi connectivity index (χ0v) is 11.2. The number of unbranched alkanes of at least 4 members (excludes halogenated alkanes) is 2. The van der Waals surface area contributed by atoms with Crippen LogP contribution in [0.2, 0.25) is 0 Å². The Balaban J connectivity index is 3.01. The molecule has 0 saturated carbocycles. The molecule has 0 rings (SSSR count). The summed E-state index contributed by atoms with van der Waals surface area (Å²) in [5.41, 5.74) is 0. The summed E-state index contributed by atoms with van der Waals surface area (Å²) >= 11 is 0. The summed E-state index contributed by atoms with van der Waals surface area (Å²) in [7, 11) is 0. The van der Waals surface area contributed by atoms with E-state index in [-0.39, 0.29) is 5.97 Å². The van der Waals surface area contributed by atoms with Gasteiger partial charge in [0.25, 0.3) is 0 Å². The van der Waals surface area contributed by atoms with E-state index in [1.165, 1.54) is 12.8 Å². The third-order valence-corrected chi connectivity index (χ3v) is 2.24. The van der Waals surface area contributed by atoms with Crippen molar-refractivity contribution in [1.82, 2.24) is 0 Å². The number of hydrogen-bond acceptors (Lipinski definition) is 4. The molecule has 4 nitrogen and oxygen atoms in total. The first-order valence-corrected chi connectivity index (χ1v) is 6.62. The number of carbonyl (C=O) groups excluding carboxylic acids is 1. The summed E-state index contributed by atoms with van der Waals surface area (Å²) in [6.07, 6.45) is 4.72. The van der Waals surface area contributed by atoms with E-state index in [1.807, 2.05) is 6.92 Å². The van der Waals surface area contributed by atoms with Crippen molar-refractivity contribution in [1.29, 1.82) is 0 Å². The molecule has 0 aromatic rings. The van der Waals surface area contributed by atoms with E-state index in [0.29, 0.717) is 39.3 Å². The summed E-state index contributed by atoms with van der Waals surface area (Å²) in [4.78, 5) is 11.0. The van der Waals surface area contributed by atoms with Gasteiger partial charge >= 0.3 is 5.97 Å². The number of rotatable bonds is 12. The molecule has 0 saturated heterocycles. The number of esters is 1. The Kier molecular flexibility index (Phi) is 13.0. The lowest BCUT2D eigenvalue weighted by atomic mass is 10.3. The highest BCUT2D eigenvalue weighted by molar-refractivity contribution is 5.69. The molecule has 0 aliphatic heterocycles. The second-order valence-corrected chi connectivity index (χ2v) is 3.84. The predicted molar refractivity (Wildman–Crippen MR) is 67.0 cm³/mol. The van der Waals surface area contributed by atoms with Crippen molar-refractivity contribution in [2.45, 2.75) is 46.0 Å². The minimum absolute atomic E-state index is 0.146. The number of carbonyl (C=O) groups is 1. The van der Waals surface area contributed by atoms with E-state index >= 15 is 0 Å². The van der Waals surface area contributed by atoms with Gasteiger partial charge in [-0.1, -0.05) is 19.8 Å². The maximum absolute atomic E-state index is 11.0. The van der Waals surface area contributed by atoms with Crippen molar-refractivity contribution < 1.29 is 19.0 Å².